The van der Waals surface area contributed by atoms with Gasteiger partial charge in [-0.2, -0.15) is 0 Å². The summed E-state index contributed by atoms with van der Waals surface area (Å²) in [7, 11) is 0. The molecule has 0 bridgehead atoms. The van der Waals surface area contributed by atoms with Gasteiger partial charge in [0.1, 0.15) is 0 Å². The van der Waals surface area contributed by atoms with Gasteiger partial charge in [-0.1, -0.05) is 35.9 Å². The van der Waals surface area contributed by atoms with Crippen LogP contribution in [-0.2, 0) is 0 Å². The van der Waals surface area contributed by atoms with E-state index in [1.165, 1.54) is 11.1 Å². The number of hydrazine groups is 2. The van der Waals surface area contributed by atoms with E-state index in [-0.39, 0.29) is 0 Å². The van der Waals surface area contributed by atoms with Crippen LogP contribution in [0.5, 0.6) is 0 Å². The van der Waals surface area contributed by atoms with Crippen molar-refractivity contribution in [3.8, 4) is 0 Å². The average molecular weight is 282 g/mol. The summed E-state index contributed by atoms with van der Waals surface area (Å²) < 4.78 is 0. The Kier molecular flexibility index (Phi) is 2.55. The lowest BCUT2D eigenvalue weighted by Gasteiger charge is -2.24. The monoisotopic (exact) mass is 281 g/mol. The van der Waals surface area contributed by atoms with Gasteiger partial charge in [-0.15, -0.1) is 5.53 Å². The van der Waals surface area contributed by atoms with Crippen LogP contribution < -0.4 is 10.5 Å². The van der Waals surface area contributed by atoms with Crippen molar-refractivity contribution in [1.29, 1.82) is 0 Å². The van der Waals surface area contributed by atoms with E-state index in [0.717, 1.165) is 16.4 Å². The molecule has 0 saturated heterocycles. The van der Waals surface area contributed by atoms with Crippen LogP contribution in [0.1, 0.15) is 11.1 Å². The zero-order chi connectivity index (χ0) is 13.5. The third-order valence-electron chi connectivity index (χ3n) is 3.47. The van der Waals surface area contributed by atoms with Crippen LogP contribution >= 0.6 is 11.6 Å². The summed E-state index contributed by atoms with van der Waals surface area (Å²) in [5.74, 6) is 0. The Bertz CT molecular complexity index is 719. The molecule has 20 heavy (non-hydrogen) atoms. The molecule has 0 atom stereocenters. The number of fused-ring (bicyclic) bond motifs is 3. The third-order valence-corrected chi connectivity index (χ3v) is 3.72. The second-order valence-corrected chi connectivity index (χ2v) is 5.17. The SMILES string of the molecule is Clc1ccc(N2C=C3c4ccccc4C=CN3N2)cc1. The third kappa shape index (κ3) is 1.80. The molecule has 1 N–H and O–H groups in total. The van der Waals surface area contributed by atoms with Crippen molar-refractivity contribution < 1.29 is 0 Å². The molecule has 2 aromatic rings. The number of hydrogen-bond donors (Lipinski definition) is 1. The van der Waals surface area contributed by atoms with E-state index < -0.39 is 0 Å². The highest BCUT2D eigenvalue weighted by Gasteiger charge is 2.24. The van der Waals surface area contributed by atoms with Crippen molar-refractivity contribution in [3.63, 3.8) is 0 Å². The largest absolute Gasteiger partial charge is 0.264 e. The van der Waals surface area contributed by atoms with Gasteiger partial charge in [-0.3, -0.25) is 10.0 Å². The lowest BCUT2D eigenvalue weighted by molar-refractivity contribution is 0.416. The number of halogens is 1. The maximum absolute atomic E-state index is 5.93. The van der Waals surface area contributed by atoms with Crippen molar-refractivity contribution in [2.75, 3.05) is 5.01 Å². The van der Waals surface area contributed by atoms with Crippen LogP contribution in [0.25, 0.3) is 11.8 Å². The van der Waals surface area contributed by atoms with E-state index in [2.05, 4.69) is 42.1 Å². The van der Waals surface area contributed by atoms with E-state index in [9.17, 15) is 0 Å². The highest BCUT2D eigenvalue weighted by atomic mass is 35.5. The first-order chi connectivity index (χ1) is 9.81. The highest BCUT2D eigenvalue weighted by Crippen LogP contribution is 2.32. The summed E-state index contributed by atoms with van der Waals surface area (Å²) >= 11 is 5.93. The number of anilines is 1. The lowest BCUT2D eigenvalue weighted by Crippen LogP contribution is -2.37. The fourth-order valence-electron chi connectivity index (χ4n) is 2.46. The van der Waals surface area contributed by atoms with Gasteiger partial charge in [0.15, 0.2) is 0 Å². The molecule has 0 saturated carbocycles. The Morgan fingerprint density at radius 2 is 1.70 bits per heavy atom. The predicted octanol–water partition coefficient (Wildman–Crippen LogP) is 3.86. The highest BCUT2D eigenvalue weighted by molar-refractivity contribution is 6.30. The fraction of sp³-hybridized carbons (Fsp3) is 0. The van der Waals surface area contributed by atoms with Crippen LogP contribution in [0.15, 0.2) is 60.9 Å². The van der Waals surface area contributed by atoms with Gasteiger partial charge in [0.05, 0.1) is 11.4 Å². The second-order valence-electron chi connectivity index (χ2n) is 4.73. The molecular formula is C16H12ClN3. The Morgan fingerprint density at radius 3 is 2.55 bits per heavy atom. The number of nitrogens with one attached hydrogen (secondary N) is 1. The first-order valence-corrected chi connectivity index (χ1v) is 6.79. The predicted molar refractivity (Wildman–Crippen MR) is 82.4 cm³/mol. The van der Waals surface area contributed by atoms with Crippen molar-refractivity contribution in [2.24, 2.45) is 0 Å². The van der Waals surface area contributed by atoms with Crippen molar-refractivity contribution >= 4 is 29.1 Å². The maximum Gasteiger partial charge on any atom is 0.0845 e. The molecule has 2 aliphatic heterocycles. The topological polar surface area (TPSA) is 18.5 Å². The Morgan fingerprint density at radius 1 is 0.900 bits per heavy atom. The second kappa shape index (κ2) is 4.40. The molecule has 0 fully saturated rings. The van der Waals surface area contributed by atoms with Gasteiger partial charge in [-0.25, -0.2) is 0 Å². The zero-order valence-electron chi connectivity index (χ0n) is 10.6. The Balaban J connectivity index is 1.74. The summed E-state index contributed by atoms with van der Waals surface area (Å²) in [6.45, 7) is 0. The fourth-order valence-corrected chi connectivity index (χ4v) is 2.59. The normalized spacial score (nSPS) is 15.9. The summed E-state index contributed by atoms with van der Waals surface area (Å²) in [5, 5.41) is 4.73. The molecule has 0 spiro atoms. The van der Waals surface area contributed by atoms with Crippen LogP contribution in [0.4, 0.5) is 5.69 Å². The van der Waals surface area contributed by atoms with Gasteiger partial charge in [0.25, 0.3) is 0 Å². The van der Waals surface area contributed by atoms with E-state index in [1.807, 2.05) is 40.5 Å². The summed E-state index contributed by atoms with van der Waals surface area (Å²) in [6.07, 6.45) is 6.22. The van der Waals surface area contributed by atoms with E-state index >= 15 is 0 Å². The molecule has 3 nitrogen and oxygen atoms in total. The van der Waals surface area contributed by atoms with E-state index in [0.29, 0.717) is 0 Å². The minimum absolute atomic E-state index is 0.739. The zero-order valence-corrected chi connectivity index (χ0v) is 11.4. The maximum atomic E-state index is 5.93. The smallest absolute Gasteiger partial charge is 0.0845 e. The molecule has 2 aliphatic rings. The quantitative estimate of drug-likeness (QED) is 0.856. The van der Waals surface area contributed by atoms with Crippen molar-refractivity contribution in [2.45, 2.75) is 0 Å². The molecule has 0 aliphatic carbocycles. The first kappa shape index (κ1) is 11.6. The van der Waals surface area contributed by atoms with Crippen LogP contribution in [-0.4, -0.2) is 5.01 Å². The lowest BCUT2D eigenvalue weighted by atomic mass is 10.0. The van der Waals surface area contributed by atoms with Crippen LogP contribution in [0, 0.1) is 0 Å². The molecule has 0 unspecified atom stereocenters. The van der Waals surface area contributed by atoms with E-state index in [4.69, 9.17) is 11.6 Å². The van der Waals surface area contributed by atoms with Gasteiger partial charge in [0.2, 0.25) is 0 Å². The Labute approximate surface area is 122 Å². The summed E-state index contributed by atoms with van der Waals surface area (Å²) in [4.78, 5) is 0. The number of nitrogens with zero attached hydrogens (tertiary/aromatic N) is 2. The number of hydrogen-bond acceptors (Lipinski definition) is 3. The average Bonchev–Trinajstić information content (AvgIpc) is 2.92. The molecule has 4 heteroatoms. The first-order valence-electron chi connectivity index (χ1n) is 6.41. The molecule has 2 heterocycles. The molecular weight excluding hydrogens is 270 g/mol. The van der Waals surface area contributed by atoms with Gasteiger partial charge in [0, 0.05) is 23.0 Å². The van der Waals surface area contributed by atoms with E-state index in [1.54, 1.807) is 0 Å². The van der Waals surface area contributed by atoms with Crippen LogP contribution in [0.3, 0.4) is 0 Å². The van der Waals surface area contributed by atoms with Gasteiger partial charge in [-0.05, 0) is 35.9 Å². The summed E-state index contributed by atoms with van der Waals surface area (Å²) in [5.41, 5.74) is 7.95. The molecule has 4 rings (SSSR count). The van der Waals surface area contributed by atoms with Crippen molar-refractivity contribution in [3.05, 3.63) is 77.1 Å². The molecule has 0 aromatic heterocycles. The van der Waals surface area contributed by atoms with Gasteiger partial charge < -0.3 is 0 Å². The molecule has 98 valence electrons. The summed E-state index contributed by atoms with van der Waals surface area (Å²) in [6, 6.07) is 16.1. The minimum Gasteiger partial charge on any atom is -0.264 e. The number of rotatable bonds is 1. The van der Waals surface area contributed by atoms with Crippen molar-refractivity contribution in [1.82, 2.24) is 10.5 Å². The molecule has 2 aromatic carbocycles. The molecule has 0 amide bonds. The minimum atomic E-state index is 0.739. The number of benzene rings is 2. The standard InChI is InChI=1S/C16H12ClN3/c17-13-5-7-14(8-6-13)20-11-16-15-4-2-1-3-12(15)9-10-19(16)18-20/h1-11,18H. The van der Waals surface area contributed by atoms with Gasteiger partial charge >= 0.3 is 0 Å². The Hall–Kier alpha value is -2.23. The van der Waals surface area contributed by atoms with Crippen LogP contribution in [0.2, 0.25) is 5.02 Å². The molecule has 0 radical (unpaired) electrons.